The Morgan fingerprint density at radius 3 is 2.49 bits per heavy atom. The molecule has 0 amide bonds. The smallest absolute Gasteiger partial charge is 0.227 e. The van der Waals surface area contributed by atoms with Gasteiger partial charge in [-0.3, -0.25) is 14.6 Å². The number of hydrogen-bond donors (Lipinski definition) is 1. The summed E-state index contributed by atoms with van der Waals surface area (Å²) < 4.78 is 31.4. The molecule has 1 aromatic carbocycles. The number of benzene rings is 1. The molecule has 4 aromatic rings. The largest absolute Gasteiger partial charge is 0.367 e. The van der Waals surface area contributed by atoms with E-state index in [1.165, 1.54) is 6.07 Å². The van der Waals surface area contributed by atoms with Crippen molar-refractivity contribution < 1.29 is 8.78 Å². The van der Waals surface area contributed by atoms with Crippen molar-refractivity contribution >= 4 is 28.4 Å². The van der Waals surface area contributed by atoms with E-state index in [4.69, 9.17) is 0 Å². The zero-order chi connectivity index (χ0) is 24.5. The van der Waals surface area contributed by atoms with Crippen LogP contribution in [0.25, 0.3) is 22.3 Å². The molecule has 1 saturated heterocycles. The van der Waals surface area contributed by atoms with Gasteiger partial charge in [0, 0.05) is 56.2 Å². The van der Waals surface area contributed by atoms with Crippen LogP contribution < -0.4 is 10.2 Å². The number of anilines is 3. The van der Waals surface area contributed by atoms with Crippen LogP contribution in [0.5, 0.6) is 0 Å². The highest BCUT2D eigenvalue weighted by Crippen LogP contribution is 2.28. The van der Waals surface area contributed by atoms with E-state index in [0.717, 1.165) is 43.4 Å². The van der Waals surface area contributed by atoms with Gasteiger partial charge in [0.25, 0.3) is 0 Å². The number of halogens is 2. The van der Waals surface area contributed by atoms with Crippen LogP contribution >= 0.6 is 0 Å². The molecule has 0 saturated carbocycles. The number of nitrogens with one attached hydrogen (secondary N) is 1. The zero-order valence-electron chi connectivity index (χ0n) is 20.0. The van der Waals surface area contributed by atoms with Gasteiger partial charge >= 0.3 is 0 Å². The fourth-order valence-corrected chi connectivity index (χ4v) is 4.42. The van der Waals surface area contributed by atoms with Gasteiger partial charge in [0.2, 0.25) is 5.95 Å². The van der Waals surface area contributed by atoms with E-state index >= 15 is 0 Å². The zero-order valence-corrected chi connectivity index (χ0v) is 20.0. The van der Waals surface area contributed by atoms with Crippen molar-refractivity contribution in [1.82, 2.24) is 29.6 Å². The fourth-order valence-electron chi connectivity index (χ4n) is 4.42. The highest BCUT2D eigenvalue weighted by Gasteiger charge is 2.21. The van der Waals surface area contributed by atoms with Gasteiger partial charge in [-0.15, -0.1) is 0 Å². The summed E-state index contributed by atoms with van der Waals surface area (Å²) in [5, 5.41) is 7.27. The van der Waals surface area contributed by atoms with Crippen molar-refractivity contribution in [2.75, 3.05) is 36.4 Å². The molecular weight excluding hydrogens is 450 g/mol. The second kappa shape index (κ2) is 9.53. The number of fused-ring (bicyclic) bond motifs is 1. The number of pyridine rings is 1. The van der Waals surface area contributed by atoms with E-state index in [1.54, 1.807) is 29.2 Å². The van der Waals surface area contributed by atoms with Crippen molar-refractivity contribution in [2.45, 2.75) is 33.4 Å². The third-order valence-electron chi connectivity index (χ3n) is 6.40. The average molecular weight is 479 g/mol. The Morgan fingerprint density at radius 1 is 0.971 bits per heavy atom. The predicted molar refractivity (Wildman–Crippen MR) is 133 cm³/mol. The number of hydrogen-bond acceptors (Lipinski definition) is 7. The maximum atomic E-state index is 15.0. The van der Waals surface area contributed by atoms with Crippen LogP contribution in [0.1, 0.15) is 20.8 Å². The molecule has 0 radical (unpaired) electrons. The second-order valence-electron chi connectivity index (χ2n) is 8.89. The van der Waals surface area contributed by atoms with Crippen molar-refractivity contribution in [3.8, 4) is 11.3 Å². The molecule has 1 aliphatic heterocycles. The molecule has 10 heteroatoms. The summed E-state index contributed by atoms with van der Waals surface area (Å²) >= 11 is 0. The lowest BCUT2D eigenvalue weighted by Crippen LogP contribution is -2.49. The van der Waals surface area contributed by atoms with Gasteiger partial charge in [-0.2, -0.15) is 5.10 Å². The average Bonchev–Trinajstić information content (AvgIpc) is 3.28. The third kappa shape index (κ3) is 4.66. The minimum absolute atomic E-state index is 0.112. The van der Waals surface area contributed by atoms with E-state index in [2.05, 4.69) is 49.0 Å². The van der Waals surface area contributed by atoms with Crippen molar-refractivity contribution in [3.63, 3.8) is 0 Å². The minimum Gasteiger partial charge on any atom is -0.367 e. The normalized spacial score (nSPS) is 14.7. The molecule has 0 aliphatic carbocycles. The lowest BCUT2D eigenvalue weighted by atomic mass is 10.2. The SMILES string of the molecule is CCn1ncc2ncc(-c3nc(Nc4ccc(N5CCN(C(C)C)CC5)c(F)c4)ncc3F)cc21. The van der Waals surface area contributed by atoms with Gasteiger partial charge in [0.05, 0.1) is 23.6 Å². The van der Waals surface area contributed by atoms with Crippen molar-refractivity contribution in [2.24, 2.45) is 0 Å². The van der Waals surface area contributed by atoms with Crippen LogP contribution in [-0.2, 0) is 6.54 Å². The highest BCUT2D eigenvalue weighted by atomic mass is 19.1. The first kappa shape index (κ1) is 23.1. The quantitative estimate of drug-likeness (QED) is 0.439. The van der Waals surface area contributed by atoms with Crippen LogP contribution in [0.4, 0.5) is 26.1 Å². The molecule has 0 atom stereocenters. The number of aryl methyl sites for hydroxylation is 1. The number of rotatable bonds is 6. The Bertz CT molecular complexity index is 1340. The topological polar surface area (TPSA) is 75.0 Å². The molecule has 4 heterocycles. The van der Waals surface area contributed by atoms with E-state index in [0.29, 0.717) is 29.5 Å². The molecule has 0 unspecified atom stereocenters. The summed E-state index contributed by atoms with van der Waals surface area (Å²) in [5.74, 6) is -0.720. The molecule has 8 nitrogen and oxygen atoms in total. The van der Waals surface area contributed by atoms with Crippen LogP contribution in [0.15, 0.2) is 42.9 Å². The van der Waals surface area contributed by atoms with Gasteiger partial charge < -0.3 is 10.2 Å². The second-order valence-corrected chi connectivity index (χ2v) is 8.89. The third-order valence-corrected chi connectivity index (χ3v) is 6.40. The van der Waals surface area contributed by atoms with E-state index < -0.39 is 5.82 Å². The summed E-state index contributed by atoms with van der Waals surface area (Å²) in [6.07, 6.45) is 4.34. The maximum absolute atomic E-state index is 15.0. The Morgan fingerprint density at radius 2 is 1.77 bits per heavy atom. The molecule has 3 aromatic heterocycles. The molecule has 1 fully saturated rings. The van der Waals surface area contributed by atoms with Crippen LogP contribution in [0, 0.1) is 11.6 Å². The van der Waals surface area contributed by atoms with E-state index in [9.17, 15) is 8.78 Å². The Labute approximate surface area is 202 Å². The molecule has 1 N–H and O–H groups in total. The summed E-state index contributed by atoms with van der Waals surface area (Å²) in [5.41, 5.74) is 3.21. The van der Waals surface area contributed by atoms with Crippen LogP contribution in [0.3, 0.4) is 0 Å². The predicted octanol–water partition coefficient (Wildman–Crippen LogP) is 4.46. The summed E-state index contributed by atoms with van der Waals surface area (Å²) in [6.45, 7) is 10.4. The molecular formula is C25H28F2N8. The number of nitrogens with zero attached hydrogens (tertiary/aromatic N) is 7. The molecule has 182 valence electrons. The summed E-state index contributed by atoms with van der Waals surface area (Å²) in [6, 6.07) is 7.26. The molecule has 35 heavy (non-hydrogen) atoms. The van der Waals surface area contributed by atoms with Gasteiger partial charge in [-0.1, -0.05) is 0 Å². The van der Waals surface area contributed by atoms with Crippen molar-refractivity contribution in [1.29, 1.82) is 0 Å². The van der Waals surface area contributed by atoms with E-state index in [1.807, 2.05) is 13.0 Å². The van der Waals surface area contributed by atoms with Crippen molar-refractivity contribution in [3.05, 3.63) is 54.5 Å². The highest BCUT2D eigenvalue weighted by molar-refractivity contribution is 5.79. The Hall–Kier alpha value is -3.66. The summed E-state index contributed by atoms with van der Waals surface area (Å²) in [4.78, 5) is 17.2. The first-order valence-electron chi connectivity index (χ1n) is 11.8. The fraction of sp³-hybridized carbons (Fsp3) is 0.360. The van der Waals surface area contributed by atoms with E-state index in [-0.39, 0.29) is 17.5 Å². The Kier molecular flexibility index (Phi) is 6.29. The van der Waals surface area contributed by atoms with Gasteiger partial charge in [-0.25, -0.2) is 18.7 Å². The lowest BCUT2D eigenvalue weighted by Gasteiger charge is -2.38. The molecule has 0 spiro atoms. The lowest BCUT2D eigenvalue weighted by molar-refractivity contribution is 0.209. The standard InChI is InChI=1S/C25H28F2N8/c1-4-35-23-11-17(13-28-21(23)15-30-35)24-20(27)14-29-25(32-24)31-18-5-6-22(19(26)12-18)34-9-7-33(8-10-34)16(2)3/h5-6,11-16H,4,7-10H2,1-3H3,(H,29,31,32). The first-order valence-corrected chi connectivity index (χ1v) is 11.8. The number of aromatic nitrogens is 5. The molecule has 0 bridgehead atoms. The Balaban J connectivity index is 1.36. The first-order chi connectivity index (χ1) is 16.9. The van der Waals surface area contributed by atoms with Crippen LogP contribution in [0.2, 0.25) is 0 Å². The monoisotopic (exact) mass is 478 g/mol. The van der Waals surface area contributed by atoms with Crippen LogP contribution in [-0.4, -0.2) is 61.9 Å². The summed E-state index contributed by atoms with van der Waals surface area (Å²) in [7, 11) is 0. The number of piperazine rings is 1. The van der Waals surface area contributed by atoms with Gasteiger partial charge in [-0.05, 0) is 45.0 Å². The molecule has 5 rings (SSSR count). The minimum atomic E-state index is -0.568. The molecule has 1 aliphatic rings. The van der Waals surface area contributed by atoms with Gasteiger partial charge in [0.1, 0.15) is 17.0 Å². The maximum Gasteiger partial charge on any atom is 0.227 e. The van der Waals surface area contributed by atoms with Gasteiger partial charge in [0.15, 0.2) is 5.82 Å².